The van der Waals surface area contributed by atoms with Crippen molar-refractivity contribution in [3.05, 3.63) is 18.2 Å². The topological polar surface area (TPSA) is 44.0 Å². The number of hydrogen-bond acceptors (Lipinski definition) is 3. The van der Waals surface area contributed by atoms with Gasteiger partial charge in [0.2, 0.25) is 0 Å². The van der Waals surface area contributed by atoms with Crippen molar-refractivity contribution in [2.75, 3.05) is 20.1 Å². The number of hydrogen-bond donors (Lipinski definition) is 2. The van der Waals surface area contributed by atoms with Gasteiger partial charge in [-0.1, -0.05) is 0 Å². The van der Waals surface area contributed by atoms with Gasteiger partial charge in [0.05, 0.1) is 6.04 Å². The van der Waals surface area contributed by atoms with Crippen LogP contribution in [0.25, 0.3) is 0 Å². The second-order valence-electron chi connectivity index (χ2n) is 4.11. The Morgan fingerprint density at radius 3 is 3.14 bits per heavy atom. The van der Waals surface area contributed by atoms with Crippen LogP contribution in [0.1, 0.15) is 25.2 Å². The van der Waals surface area contributed by atoms with Crippen LogP contribution in [-0.2, 0) is 0 Å². The summed E-state index contributed by atoms with van der Waals surface area (Å²) in [5.74, 6) is 1.03. The first-order valence-corrected chi connectivity index (χ1v) is 5.19. The molecule has 4 nitrogen and oxygen atoms in total. The summed E-state index contributed by atoms with van der Waals surface area (Å²) in [5, 5.41) is 3.58. The number of nitrogens with zero attached hydrogens (tertiary/aromatic N) is 2. The molecule has 0 radical (unpaired) electrons. The molecule has 2 rings (SSSR count). The van der Waals surface area contributed by atoms with Gasteiger partial charge in [-0.05, 0) is 26.9 Å². The maximum atomic E-state index is 4.25. The third kappa shape index (κ3) is 2.13. The van der Waals surface area contributed by atoms with Gasteiger partial charge in [0.15, 0.2) is 0 Å². The van der Waals surface area contributed by atoms with Crippen LogP contribution >= 0.6 is 0 Å². The van der Waals surface area contributed by atoms with E-state index >= 15 is 0 Å². The first-order chi connectivity index (χ1) is 6.75. The highest BCUT2D eigenvalue weighted by Crippen LogP contribution is 2.12. The number of nitrogens with one attached hydrogen (secondary N) is 2. The first kappa shape index (κ1) is 9.68. The van der Waals surface area contributed by atoms with Crippen LogP contribution < -0.4 is 5.32 Å². The highest BCUT2D eigenvalue weighted by molar-refractivity contribution is 4.95. The molecule has 0 amide bonds. The molecule has 2 N–H and O–H groups in total. The molecule has 2 unspecified atom stereocenters. The molecule has 0 saturated carbocycles. The van der Waals surface area contributed by atoms with Gasteiger partial charge in [0.1, 0.15) is 5.82 Å². The molecule has 2 heterocycles. The average molecular weight is 194 g/mol. The van der Waals surface area contributed by atoms with E-state index in [1.807, 2.05) is 6.20 Å². The lowest BCUT2D eigenvalue weighted by atomic mass is 10.2. The van der Waals surface area contributed by atoms with Crippen LogP contribution in [0.5, 0.6) is 0 Å². The Hall–Kier alpha value is -0.870. The van der Waals surface area contributed by atoms with Crippen molar-refractivity contribution < 1.29 is 0 Å². The van der Waals surface area contributed by atoms with Gasteiger partial charge in [-0.25, -0.2) is 4.98 Å². The zero-order valence-corrected chi connectivity index (χ0v) is 8.83. The minimum absolute atomic E-state index is 0.321. The predicted molar refractivity (Wildman–Crippen MR) is 56.0 cm³/mol. The van der Waals surface area contributed by atoms with Crippen LogP contribution in [0, 0.1) is 0 Å². The van der Waals surface area contributed by atoms with E-state index in [1.54, 1.807) is 6.20 Å². The van der Waals surface area contributed by atoms with Gasteiger partial charge in [0.25, 0.3) is 0 Å². The molecule has 1 aromatic heterocycles. The molecule has 0 aliphatic carbocycles. The van der Waals surface area contributed by atoms with E-state index in [9.17, 15) is 0 Å². The quantitative estimate of drug-likeness (QED) is 0.747. The smallest absolute Gasteiger partial charge is 0.122 e. The van der Waals surface area contributed by atoms with Crippen LogP contribution in [0.15, 0.2) is 12.4 Å². The number of H-pyrrole nitrogens is 1. The van der Waals surface area contributed by atoms with Gasteiger partial charge in [-0.3, -0.25) is 0 Å². The minimum Gasteiger partial charge on any atom is -0.347 e. The molecule has 78 valence electrons. The van der Waals surface area contributed by atoms with E-state index in [0.29, 0.717) is 12.1 Å². The SMILES string of the molecule is CC(NC1CCN(C)C1)c1ncc[nH]1. The Balaban J connectivity index is 1.86. The van der Waals surface area contributed by atoms with Crippen molar-refractivity contribution in [2.24, 2.45) is 0 Å². The van der Waals surface area contributed by atoms with Gasteiger partial charge < -0.3 is 15.2 Å². The van der Waals surface area contributed by atoms with Crippen LogP contribution in [0.3, 0.4) is 0 Å². The Morgan fingerprint density at radius 2 is 2.57 bits per heavy atom. The molecule has 2 atom stereocenters. The van der Waals surface area contributed by atoms with Crippen LogP contribution in [-0.4, -0.2) is 41.0 Å². The van der Waals surface area contributed by atoms with Gasteiger partial charge in [0, 0.05) is 25.0 Å². The number of aromatic amines is 1. The van der Waals surface area contributed by atoms with E-state index in [4.69, 9.17) is 0 Å². The maximum absolute atomic E-state index is 4.25. The Labute approximate surface area is 84.7 Å². The number of rotatable bonds is 3. The number of imidazole rings is 1. The van der Waals surface area contributed by atoms with E-state index < -0.39 is 0 Å². The predicted octanol–water partition coefficient (Wildman–Crippen LogP) is 0.764. The molecule has 1 fully saturated rings. The molecular weight excluding hydrogens is 176 g/mol. The molecule has 14 heavy (non-hydrogen) atoms. The van der Waals surface area contributed by atoms with Crippen LogP contribution in [0.4, 0.5) is 0 Å². The van der Waals surface area contributed by atoms with E-state index in [1.165, 1.54) is 13.0 Å². The fraction of sp³-hybridized carbons (Fsp3) is 0.700. The molecule has 1 saturated heterocycles. The van der Waals surface area contributed by atoms with Crippen molar-refractivity contribution in [1.29, 1.82) is 0 Å². The van der Waals surface area contributed by atoms with Crippen molar-refractivity contribution in [3.8, 4) is 0 Å². The summed E-state index contributed by atoms with van der Waals surface area (Å²) in [6.07, 6.45) is 4.91. The molecule has 0 bridgehead atoms. The van der Waals surface area contributed by atoms with Crippen molar-refractivity contribution in [1.82, 2.24) is 20.2 Å². The molecule has 1 aliphatic heterocycles. The zero-order valence-electron chi connectivity index (χ0n) is 8.83. The van der Waals surface area contributed by atoms with Gasteiger partial charge >= 0.3 is 0 Å². The lowest BCUT2D eigenvalue weighted by Gasteiger charge is -2.17. The fourth-order valence-corrected chi connectivity index (χ4v) is 2.02. The van der Waals surface area contributed by atoms with Gasteiger partial charge in [-0.15, -0.1) is 0 Å². The third-order valence-corrected chi connectivity index (χ3v) is 2.81. The van der Waals surface area contributed by atoms with Gasteiger partial charge in [-0.2, -0.15) is 0 Å². The Kier molecular flexibility index (Phi) is 2.84. The zero-order chi connectivity index (χ0) is 9.97. The molecule has 1 aliphatic rings. The second kappa shape index (κ2) is 4.11. The van der Waals surface area contributed by atoms with Crippen molar-refractivity contribution in [3.63, 3.8) is 0 Å². The number of aromatic nitrogens is 2. The van der Waals surface area contributed by atoms with E-state index in [0.717, 1.165) is 12.4 Å². The monoisotopic (exact) mass is 194 g/mol. The fourth-order valence-electron chi connectivity index (χ4n) is 2.02. The number of likely N-dealkylation sites (N-methyl/N-ethyl adjacent to an activating group) is 1. The van der Waals surface area contributed by atoms with Crippen molar-refractivity contribution in [2.45, 2.75) is 25.4 Å². The minimum atomic E-state index is 0.321. The third-order valence-electron chi connectivity index (χ3n) is 2.81. The molecular formula is C10H18N4. The summed E-state index contributed by atoms with van der Waals surface area (Å²) in [4.78, 5) is 9.73. The largest absolute Gasteiger partial charge is 0.347 e. The lowest BCUT2D eigenvalue weighted by Crippen LogP contribution is -2.33. The molecule has 0 aromatic carbocycles. The summed E-state index contributed by atoms with van der Waals surface area (Å²) >= 11 is 0. The van der Waals surface area contributed by atoms with E-state index in [2.05, 4.69) is 34.2 Å². The summed E-state index contributed by atoms with van der Waals surface area (Å²) in [6.45, 7) is 4.49. The number of likely N-dealkylation sites (tertiary alicyclic amines) is 1. The Morgan fingerprint density at radius 1 is 1.71 bits per heavy atom. The average Bonchev–Trinajstić information content (AvgIpc) is 2.75. The van der Waals surface area contributed by atoms with Crippen LogP contribution in [0.2, 0.25) is 0 Å². The normalized spacial score (nSPS) is 25.4. The van der Waals surface area contributed by atoms with Crippen molar-refractivity contribution >= 4 is 0 Å². The molecule has 0 spiro atoms. The summed E-state index contributed by atoms with van der Waals surface area (Å²) in [6, 6.07) is 0.932. The van der Waals surface area contributed by atoms with E-state index in [-0.39, 0.29) is 0 Å². The molecule has 4 heteroatoms. The standard InChI is InChI=1S/C10H18N4/c1-8(10-11-4-5-12-10)13-9-3-6-14(2)7-9/h4-5,8-9,13H,3,6-7H2,1-2H3,(H,11,12). The summed E-state index contributed by atoms with van der Waals surface area (Å²) < 4.78 is 0. The Bertz CT molecular complexity index is 270. The highest BCUT2D eigenvalue weighted by atomic mass is 15.2. The highest BCUT2D eigenvalue weighted by Gasteiger charge is 2.21. The second-order valence-corrected chi connectivity index (χ2v) is 4.11. The summed E-state index contributed by atoms with van der Waals surface area (Å²) in [7, 11) is 2.17. The maximum Gasteiger partial charge on any atom is 0.122 e. The first-order valence-electron chi connectivity index (χ1n) is 5.19. The molecule has 1 aromatic rings. The lowest BCUT2D eigenvalue weighted by molar-refractivity contribution is 0.384. The summed E-state index contributed by atoms with van der Waals surface area (Å²) in [5.41, 5.74) is 0.